The van der Waals surface area contributed by atoms with Crippen LogP contribution in [0, 0.1) is 10.1 Å². The molecular formula is C18H14ClN7O4. The molecule has 0 aliphatic carbocycles. The van der Waals surface area contributed by atoms with Gasteiger partial charge in [0, 0.05) is 5.02 Å². The summed E-state index contributed by atoms with van der Waals surface area (Å²) in [7, 11) is 0. The smallest absolute Gasteiger partial charge is 0.307 e. The summed E-state index contributed by atoms with van der Waals surface area (Å²) in [6.07, 6.45) is 3.91. The number of halogens is 1. The Morgan fingerprint density at radius 2 is 2.10 bits per heavy atom. The highest BCUT2D eigenvalue weighted by molar-refractivity contribution is 6.30. The molecule has 0 saturated heterocycles. The van der Waals surface area contributed by atoms with E-state index in [2.05, 4.69) is 20.5 Å². The number of carbonyl (C=O) groups excluding carboxylic acids is 1. The van der Waals surface area contributed by atoms with Gasteiger partial charge in [0.15, 0.2) is 5.76 Å². The number of furan rings is 1. The Bertz CT molecular complexity index is 1210. The lowest BCUT2D eigenvalue weighted by atomic mass is 10.2. The van der Waals surface area contributed by atoms with Gasteiger partial charge >= 0.3 is 5.69 Å². The Labute approximate surface area is 174 Å². The fourth-order valence-corrected chi connectivity index (χ4v) is 2.90. The van der Waals surface area contributed by atoms with E-state index in [4.69, 9.17) is 16.0 Å². The summed E-state index contributed by atoms with van der Waals surface area (Å²) in [5.41, 5.74) is 0.818. The zero-order valence-corrected chi connectivity index (χ0v) is 16.1. The minimum atomic E-state index is -0.539. The summed E-state index contributed by atoms with van der Waals surface area (Å²) >= 11 is 5.97. The van der Waals surface area contributed by atoms with Gasteiger partial charge in [-0.25, -0.2) is 9.67 Å². The number of nitro groups is 1. The van der Waals surface area contributed by atoms with Crippen molar-refractivity contribution in [1.29, 1.82) is 0 Å². The Morgan fingerprint density at radius 1 is 1.23 bits per heavy atom. The maximum atomic E-state index is 12.4. The van der Waals surface area contributed by atoms with E-state index < -0.39 is 10.8 Å². The number of benzene rings is 1. The van der Waals surface area contributed by atoms with E-state index in [1.54, 1.807) is 16.8 Å². The maximum absolute atomic E-state index is 12.4. The van der Waals surface area contributed by atoms with Crippen LogP contribution in [0.3, 0.4) is 0 Å². The van der Waals surface area contributed by atoms with Crippen LogP contribution >= 0.6 is 11.6 Å². The molecule has 1 aromatic carbocycles. The summed E-state index contributed by atoms with van der Waals surface area (Å²) in [6.45, 7) is 0.595. The average Bonchev–Trinajstić information content (AvgIpc) is 3.44. The van der Waals surface area contributed by atoms with E-state index in [0.717, 1.165) is 11.8 Å². The van der Waals surface area contributed by atoms with Crippen molar-refractivity contribution in [2.24, 2.45) is 0 Å². The normalized spacial score (nSPS) is 10.8. The van der Waals surface area contributed by atoms with Crippen LogP contribution in [0.4, 0.5) is 11.6 Å². The van der Waals surface area contributed by atoms with E-state index in [0.29, 0.717) is 17.3 Å². The molecule has 0 saturated carbocycles. The van der Waals surface area contributed by atoms with E-state index in [9.17, 15) is 14.9 Å². The molecule has 0 spiro atoms. The van der Waals surface area contributed by atoms with Gasteiger partial charge in [0.1, 0.15) is 24.5 Å². The standard InChI is InChI=1S/C18H14ClN7O4/c19-13-3-1-2-12(6-13)8-25-11-20-18(23-25)22-17(27)16-5-4-15(30-16)10-24-9-14(7-21-24)26(28)29/h1-7,9,11H,8,10H2,(H,22,23,27). The number of aromatic nitrogens is 5. The molecule has 4 aromatic rings. The van der Waals surface area contributed by atoms with Crippen molar-refractivity contribution in [2.75, 3.05) is 5.32 Å². The summed E-state index contributed by atoms with van der Waals surface area (Å²) in [5.74, 6) is 0.0753. The second-order valence-electron chi connectivity index (χ2n) is 6.27. The molecule has 30 heavy (non-hydrogen) atoms. The van der Waals surface area contributed by atoms with Crippen molar-refractivity contribution in [3.63, 3.8) is 0 Å². The van der Waals surface area contributed by atoms with Crippen molar-refractivity contribution in [3.8, 4) is 0 Å². The van der Waals surface area contributed by atoms with Gasteiger partial charge in [-0.05, 0) is 29.8 Å². The molecule has 0 radical (unpaired) electrons. The van der Waals surface area contributed by atoms with Crippen LogP contribution in [-0.2, 0) is 13.1 Å². The van der Waals surface area contributed by atoms with Crippen molar-refractivity contribution in [1.82, 2.24) is 24.5 Å². The number of anilines is 1. The fraction of sp³-hybridized carbons (Fsp3) is 0.111. The third-order valence-electron chi connectivity index (χ3n) is 4.03. The number of amides is 1. The topological polar surface area (TPSA) is 134 Å². The zero-order valence-electron chi connectivity index (χ0n) is 15.3. The molecule has 0 atom stereocenters. The third kappa shape index (κ3) is 4.52. The predicted octanol–water partition coefficient (Wildman–Crippen LogP) is 2.98. The molecule has 0 bridgehead atoms. The summed E-state index contributed by atoms with van der Waals surface area (Å²) < 4.78 is 8.40. The fourth-order valence-electron chi connectivity index (χ4n) is 2.69. The lowest BCUT2D eigenvalue weighted by Gasteiger charge is -2.01. The van der Waals surface area contributed by atoms with Crippen LogP contribution in [0.25, 0.3) is 0 Å². The molecule has 0 aliphatic rings. The Morgan fingerprint density at radius 3 is 2.87 bits per heavy atom. The lowest BCUT2D eigenvalue weighted by Crippen LogP contribution is -2.12. The average molecular weight is 428 g/mol. The number of rotatable bonds is 7. The summed E-state index contributed by atoms with van der Waals surface area (Å²) in [5, 5.41) is 22.0. The molecule has 12 heteroatoms. The highest BCUT2D eigenvalue weighted by Crippen LogP contribution is 2.15. The second-order valence-corrected chi connectivity index (χ2v) is 6.71. The first kappa shape index (κ1) is 19.3. The van der Waals surface area contributed by atoms with Crippen LogP contribution < -0.4 is 5.32 Å². The van der Waals surface area contributed by atoms with Gasteiger partial charge in [-0.3, -0.25) is 24.9 Å². The lowest BCUT2D eigenvalue weighted by molar-refractivity contribution is -0.385. The first-order chi connectivity index (χ1) is 14.5. The molecule has 3 aromatic heterocycles. The Balaban J connectivity index is 1.37. The number of hydrogen-bond donors (Lipinski definition) is 1. The van der Waals surface area contributed by atoms with Gasteiger partial charge in [0.25, 0.3) is 5.91 Å². The molecular weight excluding hydrogens is 414 g/mol. The first-order valence-corrected chi connectivity index (χ1v) is 9.05. The molecule has 3 heterocycles. The zero-order chi connectivity index (χ0) is 21.1. The monoisotopic (exact) mass is 427 g/mol. The number of carbonyl (C=O) groups is 1. The van der Waals surface area contributed by atoms with Crippen LogP contribution in [0.2, 0.25) is 5.02 Å². The van der Waals surface area contributed by atoms with Gasteiger partial charge in [-0.1, -0.05) is 23.7 Å². The largest absolute Gasteiger partial charge is 0.454 e. The molecule has 1 amide bonds. The van der Waals surface area contributed by atoms with Gasteiger partial charge in [0.2, 0.25) is 5.95 Å². The summed E-state index contributed by atoms with van der Waals surface area (Å²) in [6, 6.07) is 10.4. The van der Waals surface area contributed by atoms with Crippen LogP contribution in [-0.4, -0.2) is 35.4 Å². The van der Waals surface area contributed by atoms with Crippen molar-refractivity contribution in [2.45, 2.75) is 13.1 Å². The molecule has 4 rings (SSSR count). The van der Waals surface area contributed by atoms with E-state index in [1.807, 2.05) is 18.2 Å². The SMILES string of the molecule is O=C(Nc1ncn(Cc2cccc(Cl)c2)n1)c1ccc(Cn2cc([N+](=O)[O-])cn2)o1. The Hall–Kier alpha value is -3.99. The summed E-state index contributed by atoms with van der Waals surface area (Å²) in [4.78, 5) is 26.6. The highest BCUT2D eigenvalue weighted by Gasteiger charge is 2.15. The van der Waals surface area contributed by atoms with Crippen molar-refractivity contribution >= 4 is 29.1 Å². The predicted molar refractivity (Wildman–Crippen MR) is 105 cm³/mol. The molecule has 0 unspecified atom stereocenters. The number of nitrogens with one attached hydrogen (secondary N) is 1. The van der Waals surface area contributed by atoms with Crippen LogP contribution in [0.15, 0.2) is 59.5 Å². The molecule has 0 aliphatic heterocycles. The Kier molecular flexibility index (Phi) is 5.26. The van der Waals surface area contributed by atoms with Gasteiger partial charge in [-0.2, -0.15) is 5.10 Å². The van der Waals surface area contributed by atoms with E-state index in [1.165, 1.54) is 23.3 Å². The molecule has 11 nitrogen and oxygen atoms in total. The third-order valence-corrected chi connectivity index (χ3v) is 4.26. The van der Waals surface area contributed by atoms with Crippen LogP contribution in [0.1, 0.15) is 21.9 Å². The number of nitrogens with zero attached hydrogens (tertiary/aromatic N) is 6. The van der Waals surface area contributed by atoms with Gasteiger partial charge < -0.3 is 4.42 Å². The second kappa shape index (κ2) is 8.17. The minimum Gasteiger partial charge on any atom is -0.454 e. The van der Waals surface area contributed by atoms with E-state index >= 15 is 0 Å². The first-order valence-electron chi connectivity index (χ1n) is 8.67. The van der Waals surface area contributed by atoms with E-state index in [-0.39, 0.29) is 23.9 Å². The quantitative estimate of drug-likeness (QED) is 0.354. The number of hydrogen-bond acceptors (Lipinski definition) is 7. The van der Waals surface area contributed by atoms with Gasteiger partial charge in [0.05, 0.1) is 18.0 Å². The van der Waals surface area contributed by atoms with Gasteiger partial charge in [-0.15, -0.1) is 5.10 Å². The minimum absolute atomic E-state index is 0.0536. The van der Waals surface area contributed by atoms with Crippen molar-refractivity contribution in [3.05, 3.63) is 87.3 Å². The van der Waals surface area contributed by atoms with Crippen LogP contribution in [0.5, 0.6) is 0 Å². The maximum Gasteiger partial charge on any atom is 0.307 e. The molecule has 0 fully saturated rings. The molecule has 1 N–H and O–H groups in total. The highest BCUT2D eigenvalue weighted by atomic mass is 35.5. The molecule has 152 valence electrons. The van der Waals surface area contributed by atoms with Crippen molar-refractivity contribution < 1.29 is 14.1 Å².